The number of nitrogens with one attached hydrogen (secondary N) is 2. The summed E-state index contributed by atoms with van der Waals surface area (Å²) in [6, 6.07) is 5.18. The zero-order chi connectivity index (χ0) is 14.9. The molecule has 0 saturated carbocycles. The van der Waals surface area contributed by atoms with Crippen molar-refractivity contribution in [2.45, 2.75) is 6.92 Å². The summed E-state index contributed by atoms with van der Waals surface area (Å²) in [7, 11) is 0. The van der Waals surface area contributed by atoms with E-state index in [0.29, 0.717) is 5.69 Å². The van der Waals surface area contributed by atoms with E-state index < -0.39 is 34.5 Å². The Morgan fingerprint density at radius 1 is 1.25 bits per heavy atom. The molecule has 1 fully saturated rings. The van der Waals surface area contributed by atoms with Crippen molar-refractivity contribution in [3.63, 3.8) is 0 Å². The van der Waals surface area contributed by atoms with Crippen molar-refractivity contribution in [2.24, 2.45) is 11.8 Å². The molecule has 20 heavy (non-hydrogen) atoms. The van der Waals surface area contributed by atoms with Crippen LogP contribution in [0.2, 0.25) is 0 Å². The Morgan fingerprint density at radius 3 is 2.30 bits per heavy atom. The second kappa shape index (κ2) is 5.08. The first-order valence-electron chi connectivity index (χ1n) is 5.80. The average Bonchev–Trinajstić information content (AvgIpc) is 2.63. The molecule has 0 radical (unpaired) electrons. The molecule has 1 saturated heterocycles. The number of rotatable bonds is 3. The minimum absolute atomic E-state index is 0.106. The van der Waals surface area contributed by atoms with Crippen molar-refractivity contribution in [1.82, 2.24) is 5.32 Å². The molecule has 0 aromatic heterocycles. The molecular formula is C12H11N3O5. The fourth-order valence-electron chi connectivity index (χ4n) is 1.92. The molecule has 8 nitrogen and oxygen atoms in total. The maximum atomic E-state index is 11.9. The maximum Gasteiger partial charge on any atom is 0.269 e. The molecule has 1 aliphatic heterocycles. The molecule has 1 heterocycles. The smallest absolute Gasteiger partial charge is 0.269 e. The third-order valence-electron chi connectivity index (χ3n) is 3.07. The van der Waals surface area contributed by atoms with Crippen molar-refractivity contribution in [2.75, 3.05) is 5.32 Å². The lowest BCUT2D eigenvalue weighted by Gasteiger charge is -2.11. The number of carbonyl (C=O) groups excluding carboxylic acids is 3. The summed E-state index contributed by atoms with van der Waals surface area (Å²) in [5, 5.41) is 15.0. The van der Waals surface area contributed by atoms with Crippen LogP contribution >= 0.6 is 0 Å². The molecule has 3 amide bonds. The second-order valence-electron chi connectivity index (χ2n) is 4.41. The summed E-state index contributed by atoms with van der Waals surface area (Å²) in [4.78, 5) is 44.6. The van der Waals surface area contributed by atoms with Crippen LogP contribution in [0.15, 0.2) is 24.3 Å². The molecule has 8 heteroatoms. The van der Waals surface area contributed by atoms with Gasteiger partial charge in [0.25, 0.3) is 5.69 Å². The Bertz CT molecular complexity index is 596. The summed E-state index contributed by atoms with van der Waals surface area (Å²) in [6.07, 6.45) is 0. The molecule has 2 unspecified atom stereocenters. The number of nitrogens with zero attached hydrogens (tertiary/aromatic N) is 1. The summed E-state index contributed by atoms with van der Waals surface area (Å²) in [5.74, 6) is -3.56. The largest absolute Gasteiger partial charge is 0.325 e. The van der Waals surface area contributed by atoms with Crippen LogP contribution in [0.1, 0.15) is 6.92 Å². The first-order valence-corrected chi connectivity index (χ1v) is 5.80. The van der Waals surface area contributed by atoms with Gasteiger partial charge >= 0.3 is 0 Å². The van der Waals surface area contributed by atoms with Gasteiger partial charge in [0.2, 0.25) is 17.7 Å². The lowest BCUT2D eigenvalue weighted by Crippen LogP contribution is -2.31. The van der Waals surface area contributed by atoms with E-state index in [9.17, 15) is 24.5 Å². The van der Waals surface area contributed by atoms with Gasteiger partial charge in [-0.25, -0.2) is 0 Å². The molecule has 0 aliphatic carbocycles. The van der Waals surface area contributed by atoms with Crippen molar-refractivity contribution in [1.29, 1.82) is 0 Å². The Balaban J connectivity index is 2.10. The average molecular weight is 277 g/mol. The number of nitro groups is 1. The molecule has 2 N–H and O–H groups in total. The minimum atomic E-state index is -1.09. The highest BCUT2D eigenvalue weighted by molar-refractivity contribution is 6.17. The van der Waals surface area contributed by atoms with Crippen LogP contribution in [-0.4, -0.2) is 22.6 Å². The minimum Gasteiger partial charge on any atom is -0.325 e. The van der Waals surface area contributed by atoms with Crippen LogP contribution in [0.25, 0.3) is 0 Å². The van der Waals surface area contributed by atoms with E-state index in [2.05, 4.69) is 10.6 Å². The van der Waals surface area contributed by atoms with E-state index in [4.69, 9.17) is 0 Å². The predicted molar refractivity (Wildman–Crippen MR) is 67.5 cm³/mol. The third-order valence-corrected chi connectivity index (χ3v) is 3.07. The Hall–Kier alpha value is -2.77. The normalized spacial score (nSPS) is 21.4. The number of hydrogen-bond donors (Lipinski definition) is 2. The zero-order valence-electron chi connectivity index (χ0n) is 10.5. The summed E-state index contributed by atoms with van der Waals surface area (Å²) >= 11 is 0. The van der Waals surface area contributed by atoms with Gasteiger partial charge in [-0.15, -0.1) is 0 Å². The second-order valence-corrected chi connectivity index (χ2v) is 4.41. The fourth-order valence-corrected chi connectivity index (χ4v) is 1.92. The van der Waals surface area contributed by atoms with Gasteiger partial charge in [-0.3, -0.25) is 29.8 Å². The lowest BCUT2D eigenvalue weighted by molar-refractivity contribution is -0.384. The Kier molecular flexibility index (Phi) is 3.47. The van der Waals surface area contributed by atoms with Crippen LogP contribution < -0.4 is 10.6 Å². The van der Waals surface area contributed by atoms with Crippen molar-refractivity contribution in [3.8, 4) is 0 Å². The fraction of sp³-hybridized carbons (Fsp3) is 0.250. The molecule has 1 aromatic carbocycles. The standard InChI is InChI=1S/C12H11N3O5/c1-6-9(12(18)14-10(6)16)11(17)13-7-2-4-8(5-3-7)15(19)20/h2-6,9H,1H3,(H,13,17)(H,14,16,18). The summed E-state index contributed by atoms with van der Waals surface area (Å²) in [6.45, 7) is 1.49. The van der Waals surface area contributed by atoms with E-state index in [1.54, 1.807) is 0 Å². The number of benzene rings is 1. The van der Waals surface area contributed by atoms with Gasteiger partial charge < -0.3 is 5.32 Å². The monoisotopic (exact) mass is 277 g/mol. The Labute approximate surface area is 113 Å². The Morgan fingerprint density at radius 2 is 1.85 bits per heavy atom. The number of nitro benzene ring substituents is 1. The first kappa shape index (κ1) is 13.7. The highest BCUT2D eigenvalue weighted by atomic mass is 16.6. The SMILES string of the molecule is CC1C(=O)NC(=O)C1C(=O)Nc1ccc([N+](=O)[O-])cc1. The molecule has 1 aliphatic rings. The summed E-state index contributed by atoms with van der Waals surface area (Å²) in [5.41, 5.74) is 0.213. The molecule has 0 bridgehead atoms. The van der Waals surface area contributed by atoms with E-state index >= 15 is 0 Å². The molecule has 0 spiro atoms. The van der Waals surface area contributed by atoms with Crippen LogP contribution in [0.3, 0.4) is 0 Å². The highest BCUT2D eigenvalue weighted by Crippen LogP contribution is 2.21. The van der Waals surface area contributed by atoms with E-state index in [-0.39, 0.29) is 5.69 Å². The van der Waals surface area contributed by atoms with Gasteiger partial charge in [-0.2, -0.15) is 0 Å². The van der Waals surface area contributed by atoms with Gasteiger partial charge in [0, 0.05) is 17.8 Å². The van der Waals surface area contributed by atoms with Crippen molar-refractivity contribution in [3.05, 3.63) is 34.4 Å². The molecule has 104 valence electrons. The third kappa shape index (κ3) is 2.48. The number of non-ortho nitro benzene ring substituents is 1. The molecule has 2 rings (SSSR count). The topological polar surface area (TPSA) is 118 Å². The summed E-state index contributed by atoms with van der Waals surface area (Å²) < 4.78 is 0. The molecule has 1 aromatic rings. The molecular weight excluding hydrogens is 266 g/mol. The lowest BCUT2D eigenvalue weighted by atomic mass is 9.96. The van der Waals surface area contributed by atoms with Gasteiger partial charge in [0.15, 0.2) is 0 Å². The number of imide groups is 1. The van der Waals surface area contributed by atoms with E-state index in [1.165, 1.54) is 31.2 Å². The number of anilines is 1. The number of amides is 3. The van der Waals surface area contributed by atoms with Crippen LogP contribution in [0.5, 0.6) is 0 Å². The zero-order valence-corrected chi connectivity index (χ0v) is 10.5. The quantitative estimate of drug-likeness (QED) is 0.359. The van der Waals surface area contributed by atoms with E-state index in [1.807, 2.05) is 0 Å². The van der Waals surface area contributed by atoms with Crippen molar-refractivity contribution < 1.29 is 19.3 Å². The van der Waals surface area contributed by atoms with Crippen LogP contribution in [0.4, 0.5) is 11.4 Å². The van der Waals surface area contributed by atoms with Gasteiger partial charge in [0.05, 0.1) is 10.8 Å². The van der Waals surface area contributed by atoms with Crippen LogP contribution in [-0.2, 0) is 14.4 Å². The van der Waals surface area contributed by atoms with Crippen molar-refractivity contribution >= 4 is 29.1 Å². The maximum absolute atomic E-state index is 11.9. The van der Waals surface area contributed by atoms with Gasteiger partial charge in [0.1, 0.15) is 5.92 Å². The van der Waals surface area contributed by atoms with E-state index in [0.717, 1.165) is 0 Å². The molecule has 2 atom stereocenters. The van der Waals surface area contributed by atoms with Crippen LogP contribution in [0, 0.1) is 22.0 Å². The first-order chi connectivity index (χ1) is 9.40. The van der Waals surface area contributed by atoms with Gasteiger partial charge in [-0.05, 0) is 12.1 Å². The highest BCUT2D eigenvalue weighted by Gasteiger charge is 2.43. The number of hydrogen-bond acceptors (Lipinski definition) is 5. The van der Waals surface area contributed by atoms with Gasteiger partial charge in [-0.1, -0.05) is 6.92 Å². The predicted octanol–water partition coefficient (Wildman–Crippen LogP) is 0.442. The number of carbonyl (C=O) groups is 3.